The maximum Gasteiger partial charge on any atom is 0.268 e. The normalized spacial score (nSPS) is 20.1. The Balaban J connectivity index is 1.38. The summed E-state index contributed by atoms with van der Waals surface area (Å²) in [4.78, 5) is 15.4. The molecule has 146 valence electrons. The molecule has 2 fully saturated rings. The van der Waals surface area contributed by atoms with Crippen LogP contribution in [0.1, 0.15) is 36.2 Å². The smallest absolute Gasteiger partial charge is 0.268 e. The van der Waals surface area contributed by atoms with Crippen molar-refractivity contribution in [1.82, 2.24) is 14.8 Å². The molecule has 1 aromatic carbocycles. The first kappa shape index (κ1) is 18.3. The number of methoxy groups -OCH3 is 1. The fraction of sp³-hybridized carbons (Fsp3) is 0.571. The van der Waals surface area contributed by atoms with E-state index in [1.165, 1.54) is 0 Å². The van der Waals surface area contributed by atoms with Crippen LogP contribution in [-0.4, -0.2) is 60.9 Å². The van der Waals surface area contributed by atoms with Gasteiger partial charge in [-0.2, -0.15) is 0 Å². The second-order valence-electron chi connectivity index (χ2n) is 7.64. The molecule has 0 atom stereocenters. The predicted molar refractivity (Wildman–Crippen MR) is 105 cm³/mol. The molecule has 4 rings (SSSR count). The van der Waals surface area contributed by atoms with Gasteiger partial charge in [0.2, 0.25) is 0 Å². The maximum absolute atomic E-state index is 12.8. The second kappa shape index (κ2) is 7.90. The summed E-state index contributed by atoms with van der Waals surface area (Å²) in [5, 5.41) is 4.27. The molecule has 2 aliphatic heterocycles. The van der Waals surface area contributed by atoms with Crippen LogP contribution in [0.3, 0.4) is 0 Å². The zero-order valence-electron chi connectivity index (χ0n) is 16.2. The van der Waals surface area contributed by atoms with Crippen molar-refractivity contribution >= 4 is 16.8 Å². The lowest BCUT2D eigenvalue weighted by Gasteiger charge is -2.39. The van der Waals surface area contributed by atoms with Gasteiger partial charge in [-0.25, -0.2) is 0 Å². The molecular formula is C21H29N3O3. The van der Waals surface area contributed by atoms with Crippen LogP contribution >= 0.6 is 0 Å². The van der Waals surface area contributed by atoms with E-state index in [2.05, 4.69) is 10.2 Å². The van der Waals surface area contributed by atoms with Gasteiger partial charge in [0.1, 0.15) is 11.4 Å². The van der Waals surface area contributed by atoms with Crippen LogP contribution in [0.25, 0.3) is 10.9 Å². The summed E-state index contributed by atoms with van der Waals surface area (Å²) in [6.07, 6.45) is 4.30. The number of fused-ring (bicyclic) bond motifs is 1. The maximum atomic E-state index is 12.8. The number of aryl methyl sites for hydroxylation is 1. The summed E-state index contributed by atoms with van der Waals surface area (Å²) in [7, 11) is 3.60. The first-order valence-corrected chi connectivity index (χ1v) is 9.92. The van der Waals surface area contributed by atoms with Gasteiger partial charge < -0.3 is 24.3 Å². The fourth-order valence-corrected chi connectivity index (χ4v) is 4.39. The first-order valence-electron chi connectivity index (χ1n) is 9.92. The number of hydrogen-bond donors (Lipinski definition) is 1. The van der Waals surface area contributed by atoms with Gasteiger partial charge in [-0.1, -0.05) is 0 Å². The van der Waals surface area contributed by atoms with Crippen molar-refractivity contribution < 1.29 is 14.3 Å². The van der Waals surface area contributed by atoms with E-state index < -0.39 is 0 Å². The van der Waals surface area contributed by atoms with E-state index >= 15 is 0 Å². The van der Waals surface area contributed by atoms with Gasteiger partial charge in [0.25, 0.3) is 5.91 Å². The Bertz CT molecular complexity index is 802. The van der Waals surface area contributed by atoms with Gasteiger partial charge in [0.05, 0.1) is 7.11 Å². The number of rotatable bonds is 4. The van der Waals surface area contributed by atoms with Crippen LogP contribution in [0, 0.1) is 0 Å². The molecule has 6 heteroatoms. The van der Waals surface area contributed by atoms with Crippen LogP contribution in [0.2, 0.25) is 0 Å². The molecule has 0 saturated carbocycles. The number of nitrogens with zero attached hydrogens (tertiary/aromatic N) is 2. The van der Waals surface area contributed by atoms with Crippen molar-refractivity contribution in [2.24, 2.45) is 7.05 Å². The Hall–Kier alpha value is -2.05. The third-order valence-electron chi connectivity index (χ3n) is 6.05. The third kappa shape index (κ3) is 3.82. The first-order chi connectivity index (χ1) is 13.2. The number of hydrogen-bond acceptors (Lipinski definition) is 4. The van der Waals surface area contributed by atoms with Gasteiger partial charge in [0.15, 0.2) is 0 Å². The number of benzene rings is 1. The number of carbonyl (C=O) groups is 1. The fourth-order valence-electron chi connectivity index (χ4n) is 4.39. The molecule has 0 aliphatic carbocycles. The molecule has 1 amide bonds. The molecule has 0 unspecified atom stereocenters. The zero-order chi connectivity index (χ0) is 18.8. The molecular weight excluding hydrogens is 342 g/mol. The van der Waals surface area contributed by atoms with E-state index in [1.807, 2.05) is 35.9 Å². The van der Waals surface area contributed by atoms with E-state index in [-0.39, 0.29) is 11.9 Å². The molecule has 6 nitrogen and oxygen atoms in total. The lowest BCUT2D eigenvalue weighted by Crippen LogP contribution is -2.49. The zero-order valence-corrected chi connectivity index (χ0v) is 16.2. The van der Waals surface area contributed by atoms with Crippen LogP contribution in [0.4, 0.5) is 0 Å². The Kier molecular flexibility index (Phi) is 5.36. The van der Waals surface area contributed by atoms with E-state index in [0.29, 0.717) is 11.7 Å². The van der Waals surface area contributed by atoms with Crippen LogP contribution < -0.4 is 10.1 Å². The van der Waals surface area contributed by atoms with Crippen LogP contribution in [-0.2, 0) is 11.8 Å². The number of piperidine rings is 1. The number of likely N-dealkylation sites (tertiary alicyclic amines) is 1. The molecule has 0 radical (unpaired) electrons. The highest BCUT2D eigenvalue weighted by Gasteiger charge is 2.27. The minimum Gasteiger partial charge on any atom is -0.497 e. The lowest BCUT2D eigenvalue weighted by molar-refractivity contribution is 0.0238. The number of aromatic nitrogens is 1. The average molecular weight is 371 g/mol. The van der Waals surface area contributed by atoms with E-state index in [1.54, 1.807) is 7.11 Å². The molecule has 2 aliphatic rings. The summed E-state index contributed by atoms with van der Waals surface area (Å²) < 4.78 is 12.7. The monoisotopic (exact) mass is 371 g/mol. The summed E-state index contributed by atoms with van der Waals surface area (Å²) in [5.41, 5.74) is 1.74. The molecule has 2 saturated heterocycles. The lowest BCUT2D eigenvalue weighted by atomic mass is 9.99. The molecule has 1 N–H and O–H groups in total. The highest BCUT2D eigenvalue weighted by Crippen LogP contribution is 2.24. The van der Waals surface area contributed by atoms with E-state index in [9.17, 15) is 4.79 Å². The molecule has 0 spiro atoms. The average Bonchev–Trinajstić information content (AvgIpc) is 3.05. The summed E-state index contributed by atoms with van der Waals surface area (Å²) >= 11 is 0. The van der Waals surface area contributed by atoms with Gasteiger partial charge in [-0.3, -0.25) is 4.79 Å². The molecule has 1 aromatic heterocycles. The minimum atomic E-state index is 0.0113. The van der Waals surface area contributed by atoms with Crippen molar-refractivity contribution in [1.29, 1.82) is 0 Å². The largest absolute Gasteiger partial charge is 0.497 e. The number of carbonyl (C=O) groups excluding carboxylic acids is 1. The predicted octanol–water partition coefficient (Wildman–Crippen LogP) is 2.56. The third-order valence-corrected chi connectivity index (χ3v) is 6.05. The Morgan fingerprint density at radius 2 is 1.89 bits per heavy atom. The Labute approximate surface area is 160 Å². The standard InChI is InChI=1S/C21H29N3O3/c1-23-19-4-3-18(26-2)13-15(19)14-20(23)21(25)22-16-5-9-24(10-6-16)17-7-11-27-12-8-17/h3-4,13-14,16-17H,5-12H2,1-2H3,(H,22,25). The summed E-state index contributed by atoms with van der Waals surface area (Å²) in [6.45, 7) is 3.88. The van der Waals surface area contributed by atoms with Gasteiger partial charge in [-0.15, -0.1) is 0 Å². The highest BCUT2D eigenvalue weighted by atomic mass is 16.5. The molecule has 27 heavy (non-hydrogen) atoms. The van der Waals surface area contributed by atoms with Crippen molar-refractivity contribution in [2.75, 3.05) is 33.4 Å². The SMILES string of the molecule is COc1ccc2c(c1)cc(C(=O)NC1CCN(C3CCOCC3)CC1)n2C. The van der Waals surface area contributed by atoms with E-state index in [4.69, 9.17) is 9.47 Å². The van der Waals surface area contributed by atoms with Crippen molar-refractivity contribution in [3.8, 4) is 5.75 Å². The van der Waals surface area contributed by atoms with E-state index in [0.717, 1.165) is 68.6 Å². The minimum absolute atomic E-state index is 0.0113. The molecule has 2 aromatic rings. The second-order valence-corrected chi connectivity index (χ2v) is 7.64. The van der Waals surface area contributed by atoms with Gasteiger partial charge in [0, 0.05) is 56.3 Å². The summed E-state index contributed by atoms with van der Waals surface area (Å²) in [5.74, 6) is 0.817. The van der Waals surface area contributed by atoms with Gasteiger partial charge >= 0.3 is 0 Å². The van der Waals surface area contributed by atoms with Crippen molar-refractivity contribution in [2.45, 2.75) is 37.8 Å². The number of amides is 1. The van der Waals surface area contributed by atoms with Gasteiger partial charge in [-0.05, 0) is 49.9 Å². The molecule has 0 bridgehead atoms. The number of ether oxygens (including phenoxy) is 2. The summed E-state index contributed by atoms with van der Waals surface area (Å²) in [6, 6.07) is 8.75. The highest BCUT2D eigenvalue weighted by molar-refractivity contribution is 5.99. The van der Waals surface area contributed by atoms with Crippen molar-refractivity contribution in [3.63, 3.8) is 0 Å². The Morgan fingerprint density at radius 3 is 2.59 bits per heavy atom. The number of nitrogens with one attached hydrogen (secondary N) is 1. The van der Waals surface area contributed by atoms with Crippen LogP contribution in [0.5, 0.6) is 5.75 Å². The van der Waals surface area contributed by atoms with Crippen molar-refractivity contribution in [3.05, 3.63) is 30.0 Å². The topological polar surface area (TPSA) is 55.7 Å². The quantitative estimate of drug-likeness (QED) is 0.897. The Morgan fingerprint density at radius 1 is 1.15 bits per heavy atom. The molecule has 3 heterocycles. The van der Waals surface area contributed by atoms with Crippen LogP contribution in [0.15, 0.2) is 24.3 Å².